The van der Waals surface area contributed by atoms with Crippen LogP contribution in [-0.2, 0) is 4.79 Å². The summed E-state index contributed by atoms with van der Waals surface area (Å²) in [5.41, 5.74) is 11.7. The zero-order valence-electron chi connectivity index (χ0n) is 21.0. The van der Waals surface area contributed by atoms with Crippen molar-refractivity contribution in [3.63, 3.8) is 0 Å². The molecule has 2 aliphatic heterocycles. The number of nitrogens with zero attached hydrogens (tertiary/aromatic N) is 3. The number of anilines is 1. The molecule has 3 aliphatic rings. The number of hydrogen-bond donors (Lipinski definition) is 2. The Bertz CT molecular complexity index is 1540. The van der Waals surface area contributed by atoms with Crippen LogP contribution in [0.25, 0.3) is 11.1 Å². The van der Waals surface area contributed by atoms with Crippen molar-refractivity contribution in [1.29, 1.82) is 5.26 Å². The minimum atomic E-state index is -0.602. The lowest BCUT2D eigenvalue weighted by atomic mass is 9.68. The molecule has 0 radical (unpaired) electrons. The molecule has 0 amide bonds. The summed E-state index contributed by atoms with van der Waals surface area (Å²) < 4.78 is 11.1. The van der Waals surface area contributed by atoms with Crippen LogP contribution in [-0.4, -0.2) is 22.8 Å². The first-order chi connectivity index (χ1) is 17.8. The van der Waals surface area contributed by atoms with Crippen LogP contribution in [0, 0.1) is 23.7 Å². The number of aryl methyl sites for hydroxylation is 1. The van der Waals surface area contributed by atoms with Gasteiger partial charge >= 0.3 is 0 Å². The summed E-state index contributed by atoms with van der Waals surface area (Å²) in [6.07, 6.45) is 0.985. The first kappa shape index (κ1) is 22.9. The van der Waals surface area contributed by atoms with Crippen LogP contribution < -0.4 is 20.1 Å². The normalized spacial score (nSPS) is 20.2. The third-order valence-corrected chi connectivity index (χ3v) is 7.31. The van der Waals surface area contributed by atoms with Crippen LogP contribution in [0.4, 0.5) is 5.82 Å². The number of hydrogen-bond acceptors (Lipinski definition) is 7. The average Bonchev–Trinajstić information content (AvgIpc) is 3.49. The number of nitrogens with two attached hydrogens (primary N) is 1. The van der Waals surface area contributed by atoms with Gasteiger partial charge in [-0.1, -0.05) is 50.2 Å². The molecule has 0 saturated carbocycles. The standard InChI is InChI=1S/C29H27N5O3/c1-16-24(17-7-5-4-6-8-17)28(33-32-16)34-20-12-29(2,3)13-21(35)26(20)25(19(14-30)27(34)31)18-9-10-22-23(11-18)37-15-36-22/h4-11,25H,12-13,15,31H2,1-3H3,(H,32,33). The van der Waals surface area contributed by atoms with Crippen molar-refractivity contribution in [3.05, 3.63) is 82.5 Å². The Kier molecular flexibility index (Phi) is 5.12. The predicted molar refractivity (Wildman–Crippen MR) is 138 cm³/mol. The topological polar surface area (TPSA) is 117 Å². The first-order valence-electron chi connectivity index (χ1n) is 12.2. The van der Waals surface area contributed by atoms with Crippen LogP contribution >= 0.6 is 0 Å². The van der Waals surface area contributed by atoms with Gasteiger partial charge < -0.3 is 15.2 Å². The lowest BCUT2D eigenvalue weighted by molar-refractivity contribution is -0.118. The number of Topliss-reactive ketones (excluding diaryl/α,β-unsaturated/α-hetero) is 1. The van der Waals surface area contributed by atoms with Gasteiger partial charge in [0.15, 0.2) is 23.1 Å². The Balaban J connectivity index is 1.60. The Hall–Kier alpha value is -4.51. The van der Waals surface area contributed by atoms with Gasteiger partial charge in [0.05, 0.1) is 17.6 Å². The van der Waals surface area contributed by atoms with Crippen LogP contribution in [0.5, 0.6) is 11.5 Å². The molecule has 1 unspecified atom stereocenters. The molecule has 0 bridgehead atoms. The molecule has 1 atom stereocenters. The molecule has 6 rings (SSSR count). The van der Waals surface area contributed by atoms with Gasteiger partial charge in [0.2, 0.25) is 6.79 Å². The van der Waals surface area contributed by atoms with E-state index in [-0.39, 0.29) is 23.8 Å². The Morgan fingerprint density at radius 3 is 2.65 bits per heavy atom. The molecule has 3 aromatic rings. The highest BCUT2D eigenvalue weighted by Gasteiger charge is 2.46. The van der Waals surface area contributed by atoms with Crippen LogP contribution in [0.15, 0.2) is 71.2 Å². The van der Waals surface area contributed by atoms with E-state index in [4.69, 9.17) is 15.2 Å². The van der Waals surface area contributed by atoms with E-state index in [0.717, 1.165) is 28.1 Å². The van der Waals surface area contributed by atoms with E-state index in [0.29, 0.717) is 41.3 Å². The molecular formula is C29H27N5O3. The molecular weight excluding hydrogens is 466 g/mol. The molecule has 0 spiro atoms. The van der Waals surface area contributed by atoms with Gasteiger partial charge in [0, 0.05) is 28.9 Å². The second-order valence-corrected chi connectivity index (χ2v) is 10.5. The third kappa shape index (κ3) is 3.58. The summed E-state index contributed by atoms with van der Waals surface area (Å²) in [7, 11) is 0. The van der Waals surface area contributed by atoms with Crippen molar-refractivity contribution in [2.24, 2.45) is 11.1 Å². The molecule has 186 valence electrons. The number of carbonyl (C=O) groups is 1. The first-order valence-corrected chi connectivity index (χ1v) is 12.2. The Morgan fingerprint density at radius 2 is 1.89 bits per heavy atom. The van der Waals surface area contributed by atoms with Crippen molar-refractivity contribution < 1.29 is 14.3 Å². The number of nitriles is 1. The average molecular weight is 494 g/mol. The SMILES string of the molecule is Cc1[nH]nc(N2C(N)=C(C#N)C(c3ccc4c(c3)OCO4)C3=C2CC(C)(C)CC3=O)c1-c1ccccc1. The highest BCUT2D eigenvalue weighted by Crippen LogP contribution is 2.52. The molecule has 2 aromatic carbocycles. The van der Waals surface area contributed by atoms with Crippen molar-refractivity contribution in [2.75, 3.05) is 11.7 Å². The summed E-state index contributed by atoms with van der Waals surface area (Å²) >= 11 is 0. The largest absolute Gasteiger partial charge is 0.454 e. The quantitative estimate of drug-likeness (QED) is 0.524. The van der Waals surface area contributed by atoms with Crippen molar-refractivity contribution in [3.8, 4) is 28.7 Å². The number of allylic oxidation sites excluding steroid dienone is 3. The Labute approximate surface area is 215 Å². The van der Waals surface area contributed by atoms with Gasteiger partial charge in [-0.15, -0.1) is 0 Å². The summed E-state index contributed by atoms with van der Waals surface area (Å²) in [5, 5.41) is 18.1. The maximum atomic E-state index is 13.8. The molecule has 0 fully saturated rings. The fraction of sp³-hybridized carbons (Fsp3) is 0.276. The van der Waals surface area contributed by atoms with Gasteiger partial charge in [0.25, 0.3) is 0 Å². The second kappa shape index (κ2) is 8.27. The minimum Gasteiger partial charge on any atom is -0.454 e. The van der Waals surface area contributed by atoms with Gasteiger partial charge in [-0.3, -0.25) is 14.8 Å². The molecule has 8 nitrogen and oxygen atoms in total. The van der Waals surface area contributed by atoms with Crippen LogP contribution in [0.3, 0.4) is 0 Å². The second-order valence-electron chi connectivity index (χ2n) is 10.5. The number of rotatable bonds is 3. The van der Waals surface area contributed by atoms with E-state index in [1.807, 2.05) is 60.4 Å². The van der Waals surface area contributed by atoms with E-state index in [1.54, 1.807) is 0 Å². The van der Waals surface area contributed by atoms with E-state index in [1.165, 1.54) is 0 Å². The summed E-state index contributed by atoms with van der Waals surface area (Å²) in [5.74, 6) is 1.49. The molecule has 8 heteroatoms. The van der Waals surface area contributed by atoms with Crippen LogP contribution in [0.1, 0.15) is 43.9 Å². The number of ketones is 1. The van der Waals surface area contributed by atoms with E-state index < -0.39 is 5.92 Å². The fourth-order valence-corrected chi connectivity index (χ4v) is 5.71. The molecule has 37 heavy (non-hydrogen) atoms. The van der Waals surface area contributed by atoms with Gasteiger partial charge in [-0.05, 0) is 42.0 Å². The molecule has 3 N–H and O–H groups in total. The predicted octanol–water partition coefficient (Wildman–Crippen LogP) is 5.05. The van der Waals surface area contributed by atoms with E-state index >= 15 is 0 Å². The molecule has 3 heterocycles. The number of H-pyrrole nitrogens is 1. The molecule has 1 aliphatic carbocycles. The smallest absolute Gasteiger partial charge is 0.231 e. The fourth-order valence-electron chi connectivity index (χ4n) is 5.71. The lowest BCUT2D eigenvalue weighted by Gasteiger charge is -2.43. The van der Waals surface area contributed by atoms with Crippen molar-refractivity contribution >= 4 is 11.6 Å². The number of nitrogens with one attached hydrogen (secondary N) is 1. The zero-order valence-corrected chi connectivity index (χ0v) is 21.0. The molecule has 1 aromatic heterocycles. The maximum Gasteiger partial charge on any atom is 0.231 e. The Morgan fingerprint density at radius 1 is 1.14 bits per heavy atom. The number of fused-ring (bicyclic) bond motifs is 1. The lowest BCUT2D eigenvalue weighted by Crippen LogP contribution is -2.42. The van der Waals surface area contributed by atoms with Gasteiger partial charge in [-0.2, -0.15) is 10.4 Å². The van der Waals surface area contributed by atoms with Gasteiger partial charge in [0.1, 0.15) is 5.82 Å². The number of aromatic nitrogens is 2. The third-order valence-electron chi connectivity index (χ3n) is 7.31. The summed E-state index contributed by atoms with van der Waals surface area (Å²) in [6.45, 7) is 6.25. The minimum absolute atomic E-state index is 0.00712. The van der Waals surface area contributed by atoms with E-state index in [2.05, 4.69) is 30.1 Å². The number of aromatic amines is 1. The van der Waals surface area contributed by atoms with Gasteiger partial charge in [-0.25, -0.2) is 0 Å². The van der Waals surface area contributed by atoms with Crippen molar-refractivity contribution in [1.82, 2.24) is 10.2 Å². The van der Waals surface area contributed by atoms with Crippen molar-refractivity contribution in [2.45, 2.75) is 39.5 Å². The maximum absolute atomic E-state index is 13.8. The number of benzene rings is 2. The highest BCUT2D eigenvalue weighted by molar-refractivity contribution is 6.02. The molecule has 0 saturated heterocycles. The van der Waals surface area contributed by atoms with Crippen LogP contribution in [0.2, 0.25) is 0 Å². The summed E-state index contributed by atoms with van der Waals surface area (Å²) in [4.78, 5) is 15.6. The zero-order chi connectivity index (χ0) is 25.9. The number of ether oxygens (including phenoxy) is 2. The highest BCUT2D eigenvalue weighted by atomic mass is 16.7. The monoisotopic (exact) mass is 493 g/mol. The number of carbonyl (C=O) groups excluding carboxylic acids is 1. The summed E-state index contributed by atoms with van der Waals surface area (Å²) in [6, 6.07) is 17.8. The van der Waals surface area contributed by atoms with E-state index in [9.17, 15) is 10.1 Å².